The summed E-state index contributed by atoms with van der Waals surface area (Å²) >= 11 is 0. The summed E-state index contributed by atoms with van der Waals surface area (Å²) in [7, 11) is 0. The highest BCUT2D eigenvalue weighted by molar-refractivity contribution is 5.87. The number of hydroxylamine groups is 5. The number of hydrogen-bond acceptors (Lipinski definition) is 8. The molecule has 2 N–H and O–H groups in total. The number of carbonyl (C=O) groups excluding carboxylic acids is 3. The Morgan fingerprint density at radius 2 is 1.60 bits per heavy atom. The fourth-order valence-electron chi connectivity index (χ4n) is 5.07. The largest absolute Gasteiger partial charge is 0.547 e. The third kappa shape index (κ3) is 8.35. The van der Waals surface area contributed by atoms with Gasteiger partial charge in [0, 0.05) is 25.7 Å². The maximum absolute atomic E-state index is 12.9. The van der Waals surface area contributed by atoms with Gasteiger partial charge in [-0.3, -0.25) is 19.3 Å². The Bertz CT molecular complexity index is 1170. The maximum atomic E-state index is 12.9. The molecule has 11 heteroatoms. The number of carboxylic acids is 2. The van der Waals surface area contributed by atoms with Crippen molar-refractivity contribution < 1.29 is 48.8 Å². The molecule has 3 rings (SSSR count). The van der Waals surface area contributed by atoms with Crippen molar-refractivity contribution in [1.82, 2.24) is 5.06 Å². The molecule has 1 heterocycles. The van der Waals surface area contributed by atoms with E-state index < -0.39 is 36.4 Å². The summed E-state index contributed by atoms with van der Waals surface area (Å²) in [4.78, 5) is 59.7. The summed E-state index contributed by atoms with van der Waals surface area (Å²) in [5.74, 6) is -5.05. The molecular formula is C29H36N2O9. The van der Waals surface area contributed by atoms with Crippen LogP contribution in [0.4, 0.5) is 0 Å². The van der Waals surface area contributed by atoms with E-state index in [9.17, 15) is 29.4 Å². The monoisotopic (exact) mass is 556 g/mol. The molecule has 1 aliphatic heterocycles. The zero-order valence-electron chi connectivity index (χ0n) is 22.7. The van der Waals surface area contributed by atoms with Crippen LogP contribution in [-0.4, -0.2) is 75.0 Å². The van der Waals surface area contributed by atoms with E-state index in [2.05, 4.69) is 0 Å². The van der Waals surface area contributed by atoms with Crippen LogP contribution in [0.2, 0.25) is 0 Å². The third-order valence-corrected chi connectivity index (χ3v) is 7.13. The standard InChI is InChI=1S/C29H36N2O9/c1-21(24-11-7-4-8-12-24)19-31(40-27(35)18-29(38,28(36)37)17-26(33)34)15-13-25(14-16-31)30(22(2)32)39-20-23-9-5-3-6-10-23/h3-12,21,25,38H,13-20H2,1-2H3,(H-,33,34,36,37). The zero-order chi connectivity index (χ0) is 29.3. The molecule has 1 amide bonds. The van der Waals surface area contributed by atoms with Crippen LogP contribution in [0.15, 0.2) is 60.7 Å². The van der Waals surface area contributed by atoms with E-state index in [-0.39, 0.29) is 42.2 Å². The third-order valence-electron chi connectivity index (χ3n) is 7.13. The lowest BCUT2D eigenvalue weighted by Gasteiger charge is -2.43. The fraction of sp³-hybridized carbons (Fsp3) is 0.448. The number of quaternary nitrogens is 1. The van der Waals surface area contributed by atoms with Crippen molar-refractivity contribution in [3.05, 3.63) is 71.8 Å². The van der Waals surface area contributed by atoms with Gasteiger partial charge in [-0.25, -0.2) is 9.86 Å². The number of aliphatic hydroxyl groups is 1. The first kappa shape index (κ1) is 30.7. The van der Waals surface area contributed by atoms with Gasteiger partial charge in [-0.1, -0.05) is 67.6 Å². The van der Waals surface area contributed by atoms with E-state index in [4.69, 9.17) is 14.8 Å². The molecule has 0 spiro atoms. The maximum Gasteiger partial charge on any atom is 0.369 e. The molecular weight excluding hydrogens is 520 g/mol. The second-order valence-electron chi connectivity index (χ2n) is 10.4. The van der Waals surface area contributed by atoms with Gasteiger partial charge < -0.3 is 20.1 Å². The van der Waals surface area contributed by atoms with Crippen LogP contribution in [-0.2, 0) is 35.5 Å². The Kier molecular flexibility index (Phi) is 10.4. The lowest BCUT2D eigenvalue weighted by atomic mass is 9.96. The number of nitrogens with zero attached hydrogens (tertiary/aromatic N) is 2. The molecule has 1 aliphatic rings. The minimum Gasteiger partial charge on any atom is -0.547 e. The van der Waals surface area contributed by atoms with Crippen LogP contribution in [0, 0.1) is 0 Å². The van der Waals surface area contributed by atoms with Gasteiger partial charge in [0.25, 0.3) is 0 Å². The summed E-state index contributed by atoms with van der Waals surface area (Å²) in [5.41, 5.74) is -0.999. The lowest BCUT2D eigenvalue weighted by molar-refractivity contribution is -1.09. The van der Waals surface area contributed by atoms with E-state index in [1.165, 1.54) is 12.0 Å². The molecule has 2 aromatic carbocycles. The number of amides is 1. The van der Waals surface area contributed by atoms with Crippen LogP contribution < -0.4 is 5.11 Å². The van der Waals surface area contributed by atoms with Crippen LogP contribution in [0.3, 0.4) is 0 Å². The number of hydrogen-bond donors (Lipinski definition) is 2. The SMILES string of the molecule is CC(=O)N(OCc1ccccc1)C1CC[N+](CC(C)c2ccccc2)(OC(=O)CC(O)(CC(=O)O)C(=O)[O-])CC1. The quantitative estimate of drug-likeness (QED) is 0.276. The summed E-state index contributed by atoms with van der Waals surface area (Å²) in [6, 6.07) is 18.7. The zero-order valence-corrected chi connectivity index (χ0v) is 22.7. The first-order valence-corrected chi connectivity index (χ1v) is 13.2. The molecule has 40 heavy (non-hydrogen) atoms. The molecule has 2 aromatic rings. The molecule has 1 fully saturated rings. The number of carbonyl (C=O) groups is 4. The molecule has 11 nitrogen and oxygen atoms in total. The van der Waals surface area contributed by atoms with Crippen molar-refractivity contribution in [3.63, 3.8) is 0 Å². The Hall–Kier alpha value is -3.80. The highest BCUT2D eigenvalue weighted by atomic mass is 16.7. The normalized spacial score (nSPS) is 21.0. The summed E-state index contributed by atoms with van der Waals surface area (Å²) in [6.45, 7) is 4.52. The van der Waals surface area contributed by atoms with E-state index in [1.54, 1.807) is 0 Å². The predicted molar refractivity (Wildman–Crippen MR) is 139 cm³/mol. The average molecular weight is 557 g/mol. The van der Waals surface area contributed by atoms with Gasteiger partial charge in [-0.15, -0.1) is 4.65 Å². The number of aliphatic carboxylic acids is 2. The molecule has 0 saturated carbocycles. The number of benzene rings is 2. The summed E-state index contributed by atoms with van der Waals surface area (Å²) < 4.78 is -0.188. The first-order valence-electron chi connectivity index (χ1n) is 13.2. The van der Waals surface area contributed by atoms with E-state index in [1.807, 2.05) is 67.6 Å². The predicted octanol–water partition coefficient (Wildman–Crippen LogP) is 1.55. The van der Waals surface area contributed by atoms with Crippen molar-refractivity contribution in [2.45, 2.75) is 63.7 Å². The van der Waals surface area contributed by atoms with Gasteiger partial charge in [0.15, 0.2) is 0 Å². The van der Waals surface area contributed by atoms with Gasteiger partial charge in [0.1, 0.15) is 31.8 Å². The van der Waals surface area contributed by atoms with E-state index in [0.717, 1.165) is 11.1 Å². The van der Waals surface area contributed by atoms with E-state index in [0.29, 0.717) is 19.4 Å². The molecule has 2 unspecified atom stereocenters. The van der Waals surface area contributed by atoms with Crippen LogP contribution in [0.1, 0.15) is 56.6 Å². The topological polar surface area (TPSA) is 154 Å². The highest BCUT2D eigenvalue weighted by Crippen LogP contribution is 2.30. The lowest BCUT2D eigenvalue weighted by Crippen LogP contribution is -2.60. The number of likely N-dealkylation sites (tertiary alicyclic amines) is 1. The van der Waals surface area contributed by atoms with Crippen molar-refractivity contribution in [3.8, 4) is 0 Å². The van der Waals surface area contributed by atoms with Crippen molar-refractivity contribution in [1.29, 1.82) is 0 Å². The Morgan fingerprint density at radius 1 is 1.02 bits per heavy atom. The van der Waals surface area contributed by atoms with Gasteiger partial charge in [0.05, 0.1) is 24.9 Å². The number of carboxylic acid groups (broad SMARTS) is 2. The van der Waals surface area contributed by atoms with Gasteiger partial charge in [0.2, 0.25) is 5.91 Å². The van der Waals surface area contributed by atoms with Crippen LogP contribution >= 0.6 is 0 Å². The first-order chi connectivity index (χ1) is 18.9. The Balaban J connectivity index is 1.77. The summed E-state index contributed by atoms with van der Waals surface area (Å²) in [6.07, 6.45) is -1.45. The van der Waals surface area contributed by atoms with Crippen molar-refractivity contribution in [2.24, 2.45) is 0 Å². The second-order valence-corrected chi connectivity index (χ2v) is 10.4. The van der Waals surface area contributed by atoms with Crippen molar-refractivity contribution >= 4 is 23.8 Å². The van der Waals surface area contributed by atoms with Crippen LogP contribution in [0.25, 0.3) is 0 Å². The molecule has 0 aromatic heterocycles. The smallest absolute Gasteiger partial charge is 0.369 e. The number of rotatable bonds is 13. The molecule has 0 aliphatic carbocycles. The van der Waals surface area contributed by atoms with Crippen LogP contribution in [0.5, 0.6) is 0 Å². The fourth-order valence-corrected chi connectivity index (χ4v) is 5.07. The molecule has 0 radical (unpaired) electrons. The van der Waals surface area contributed by atoms with Crippen molar-refractivity contribution in [2.75, 3.05) is 19.6 Å². The second kappa shape index (κ2) is 13.5. The van der Waals surface area contributed by atoms with E-state index >= 15 is 0 Å². The minimum absolute atomic E-state index is 0.0668. The average Bonchev–Trinajstić information content (AvgIpc) is 2.90. The molecule has 216 valence electrons. The highest BCUT2D eigenvalue weighted by Gasteiger charge is 2.44. The minimum atomic E-state index is -2.91. The summed E-state index contributed by atoms with van der Waals surface area (Å²) in [5, 5.41) is 32.2. The Labute approximate surface area is 233 Å². The van der Waals surface area contributed by atoms with Gasteiger partial charge in [-0.05, 0) is 11.1 Å². The molecule has 2 atom stereocenters. The van der Waals surface area contributed by atoms with Gasteiger partial charge in [-0.2, -0.15) is 0 Å². The molecule has 0 bridgehead atoms. The number of piperidine rings is 1. The Morgan fingerprint density at radius 3 is 2.12 bits per heavy atom. The molecule has 1 saturated heterocycles. The van der Waals surface area contributed by atoms with Gasteiger partial charge >= 0.3 is 11.9 Å².